The molecule has 3 rings (SSSR count). The van der Waals surface area contributed by atoms with Crippen LogP contribution in [-0.4, -0.2) is 36.1 Å². The first-order valence-corrected chi connectivity index (χ1v) is 10.8. The molecule has 0 bridgehead atoms. The van der Waals surface area contributed by atoms with Crippen LogP contribution in [0.2, 0.25) is 0 Å². The Morgan fingerprint density at radius 2 is 1.86 bits per heavy atom. The molecule has 0 unspecified atom stereocenters. The molecule has 9 heteroatoms. The zero-order valence-electron chi connectivity index (χ0n) is 20.9. The molecule has 0 saturated heterocycles. The maximum absolute atomic E-state index is 12.3. The van der Waals surface area contributed by atoms with E-state index in [9.17, 15) is 13.2 Å². The van der Waals surface area contributed by atoms with Crippen LogP contribution in [0.25, 0.3) is 5.70 Å². The fraction of sp³-hybridized carbons (Fsp3) is 0.259. The fourth-order valence-electron chi connectivity index (χ4n) is 3.30. The average Bonchev–Trinajstić information content (AvgIpc) is 2.79. The first kappa shape index (κ1) is 31.4. The van der Waals surface area contributed by atoms with Crippen molar-refractivity contribution in [2.75, 3.05) is 18.5 Å². The summed E-state index contributed by atoms with van der Waals surface area (Å²) in [6, 6.07) is 13.6. The van der Waals surface area contributed by atoms with E-state index in [-0.39, 0.29) is 44.3 Å². The van der Waals surface area contributed by atoms with Gasteiger partial charge >= 0.3 is 37.5 Å². The van der Waals surface area contributed by atoms with Gasteiger partial charge in [-0.15, -0.1) is 19.4 Å². The minimum Gasteiger partial charge on any atom is -0.448 e. The molecule has 0 fully saturated rings. The largest absolute Gasteiger partial charge is 2.00 e. The van der Waals surface area contributed by atoms with E-state index in [0.717, 1.165) is 35.5 Å². The van der Waals surface area contributed by atoms with E-state index < -0.39 is 6.36 Å². The number of ether oxygens (including phenoxy) is 1. The summed E-state index contributed by atoms with van der Waals surface area (Å²) in [5.41, 5.74) is 4.95. The molecule has 0 amide bonds. The van der Waals surface area contributed by atoms with Gasteiger partial charge in [0.2, 0.25) is 0 Å². The van der Waals surface area contributed by atoms with E-state index in [1.165, 1.54) is 24.3 Å². The second-order valence-electron chi connectivity index (χ2n) is 7.83. The summed E-state index contributed by atoms with van der Waals surface area (Å²) in [6.45, 7) is 8.92. The summed E-state index contributed by atoms with van der Waals surface area (Å²) < 4.78 is 40.8. The monoisotopic (exact) mass is 720 g/mol. The van der Waals surface area contributed by atoms with Crippen molar-refractivity contribution in [2.24, 2.45) is 4.99 Å². The number of nitrogens with zero attached hydrogens (tertiary/aromatic N) is 4. The molecular formula is C27H29F3N4OU. The van der Waals surface area contributed by atoms with Gasteiger partial charge in [-0.3, -0.25) is 9.97 Å². The standard InChI is InChI=1S/C26H26F3N4O.CH3.U/c1-5-13-33(4)22-8-6-7-20(14-22)15-24-18(2)16-31-25(32-24)17-30-19(3)21-9-11-23(12-10-21)34-26(27,28)29;;/h6-12,14,16H,3,5,13,15H2,1-2,4H3;1H3;/q2*-1;+2. The third-order valence-electron chi connectivity index (χ3n) is 5.07. The number of anilines is 1. The van der Waals surface area contributed by atoms with Gasteiger partial charge in [0.15, 0.2) is 0 Å². The number of aromatic nitrogens is 2. The van der Waals surface area contributed by atoms with Crippen LogP contribution in [0, 0.1) is 45.5 Å². The van der Waals surface area contributed by atoms with Gasteiger partial charge in [-0.25, -0.2) is 0 Å². The Morgan fingerprint density at radius 3 is 2.50 bits per heavy atom. The van der Waals surface area contributed by atoms with Crippen LogP contribution >= 0.6 is 0 Å². The molecule has 36 heavy (non-hydrogen) atoms. The summed E-state index contributed by atoms with van der Waals surface area (Å²) in [6.07, 6.45) is 1.47. The van der Waals surface area contributed by atoms with Crippen molar-refractivity contribution in [1.82, 2.24) is 9.97 Å². The number of hydrogen-bond acceptors (Lipinski definition) is 5. The van der Waals surface area contributed by atoms with Gasteiger partial charge in [-0.2, -0.15) is 6.58 Å². The van der Waals surface area contributed by atoms with Crippen LogP contribution in [0.1, 0.15) is 41.6 Å². The molecular weight excluding hydrogens is 691 g/mol. The normalized spacial score (nSPS) is 10.9. The predicted molar refractivity (Wildman–Crippen MR) is 135 cm³/mol. The van der Waals surface area contributed by atoms with Gasteiger partial charge < -0.3 is 22.1 Å². The fourth-order valence-corrected chi connectivity index (χ4v) is 3.30. The van der Waals surface area contributed by atoms with Crippen molar-refractivity contribution in [3.05, 3.63) is 96.9 Å². The van der Waals surface area contributed by atoms with Gasteiger partial charge in [-0.1, -0.05) is 42.4 Å². The summed E-state index contributed by atoms with van der Waals surface area (Å²) in [4.78, 5) is 15.2. The number of benzene rings is 2. The zero-order chi connectivity index (χ0) is 24.7. The van der Waals surface area contributed by atoms with E-state index in [4.69, 9.17) is 0 Å². The molecule has 0 radical (unpaired) electrons. The number of aliphatic imine (C=N–C) groups is 1. The van der Waals surface area contributed by atoms with E-state index in [0.29, 0.717) is 23.5 Å². The Morgan fingerprint density at radius 1 is 1.17 bits per heavy atom. The SMILES string of the molecule is C=C(N=[C-]c1ncc(C)c(Cc2cccc(N(C)CCC)c2)n1)c1ccc(OC(F)(F)F)cc1.[CH3-].[U+2]. The third kappa shape index (κ3) is 9.44. The number of hydrogen-bond donors (Lipinski definition) is 0. The third-order valence-corrected chi connectivity index (χ3v) is 5.07. The molecule has 5 nitrogen and oxygen atoms in total. The summed E-state index contributed by atoms with van der Waals surface area (Å²) >= 11 is 0. The average molecular weight is 721 g/mol. The van der Waals surface area contributed by atoms with Crippen LogP contribution in [0.4, 0.5) is 18.9 Å². The topological polar surface area (TPSA) is 50.6 Å². The zero-order valence-corrected chi connectivity index (χ0v) is 25.0. The van der Waals surface area contributed by atoms with Crippen LogP contribution in [0.5, 0.6) is 5.75 Å². The van der Waals surface area contributed by atoms with Crippen molar-refractivity contribution in [2.45, 2.75) is 33.1 Å². The summed E-state index contributed by atoms with van der Waals surface area (Å²) in [5, 5.41) is 0. The van der Waals surface area contributed by atoms with E-state index in [1.807, 2.05) is 13.0 Å². The minimum absolute atomic E-state index is 0. The van der Waals surface area contributed by atoms with Gasteiger partial charge in [-0.05, 0) is 48.7 Å². The number of halogens is 3. The molecule has 188 valence electrons. The molecule has 3 aromatic rings. The van der Waals surface area contributed by atoms with Crippen molar-refractivity contribution < 1.29 is 49.0 Å². The predicted octanol–water partition coefficient (Wildman–Crippen LogP) is 6.54. The molecule has 0 N–H and O–H groups in total. The Labute approximate surface area is 234 Å². The Kier molecular flexibility index (Phi) is 12.4. The molecule has 2 aromatic carbocycles. The van der Waals surface area contributed by atoms with Crippen molar-refractivity contribution in [3.8, 4) is 5.75 Å². The number of alkyl halides is 3. The minimum atomic E-state index is -4.74. The first-order valence-electron chi connectivity index (χ1n) is 10.8. The van der Waals surface area contributed by atoms with Crippen molar-refractivity contribution in [3.63, 3.8) is 0 Å². The second-order valence-corrected chi connectivity index (χ2v) is 7.83. The molecule has 0 aliphatic carbocycles. The molecule has 0 saturated carbocycles. The van der Waals surface area contributed by atoms with Crippen molar-refractivity contribution >= 4 is 17.6 Å². The smallest absolute Gasteiger partial charge is 0.448 e. The van der Waals surface area contributed by atoms with Gasteiger partial charge in [0.05, 0.1) is 5.82 Å². The van der Waals surface area contributed by atoms with Crippen LogP contribution in [-0.2, 0) is 6.42 Å². The number of rotatable bonds is 9. The Bertz CT molecular complexity index is 1160. The molecule has 0 spiro atoms. The van der Waals surface area contributed by atoms with E-state index >= 15 is 0 Å². The van der Waals surface area contributed by atoms with E-state index in [2.05, 4.69) is 69.6 Å². The first-order chi connectivity index (χ1) is 16.1. The number of aryl methyl sites for hydroxylation is 1. The molecule has 1 aromatic heterocycles. The maximum Gasteiger partial charge on any atom is 2.00 e. The van der Waals surface area contributed by atoms with Crippen LogP contribution in [0.15, 0.2) is 66.3 Å². The van der Waals surface area contributed by atoms with Crippen molar-refractivity contribution in [1.29, 1.82) is 0 Å². The quantitative estimate of drug-likeness (QED) is 0.186. The van der Waals surface area contributed by atoms with Gasteiger partial charge in [0.1, 0.15) is 5.75 Å². The van der Waals surface area contributed by atoms with E-state index in [1.54, 1.807) is 6.20 Å². The summed E-state index contributed by atoms with van der Waals surface area (Å²) in [7, 11) is 2.08. The molecule has 1 heterocycles. The summed E-state index contributed by atoms with van der Waals surface area (Å²) in [5.74, 6) is -0.00786. The van der Waals surface area contributed by atoms with Crippen LogP contribution in [0.3, 0.4) is 0 Å². The van der Waals surface area contributed by atoms with Gasteiger partial charge in [0, 0.05) is 37.6 Å². The molecule has 0 aliphatic rings. The Balaban J connectivity index is 0.00000324. The molecule has 0 aliphatic heterocycles. The maximum atomic E-state index is 12.3. The second kappa shape index (κ2) is 14.2. The molecule has 0 atom stereocenters. The van der Waals surface area contributed by atoms with Crippen LogP contribution < -0.4 is 9.64 Å². The Hall–Kier alpha value is -2.63. The van der Waals surface area contributed by atoms with Gasteiger partial charge in [0.25, 0.3) is 0 Å².